The number of hydrogen-bond donors (Lipinski definition) is 0. The van der Waals surface area contributed by atoms with Gasteiger partial charge in [0.1, 0.15) is 5.01 Å². The number of carbonyl (C=O) groups is 1. The van der Waals surface area contributed by atoms with Crippen LogP contribution in [0.25, 0.3) is 9.88 Å². The van der Waals surface area contributed by atoms with E-state index in [0.717, 1.165) is 33.3 Å². The first-order valence-corrected chi connectivity index (χ1v) is 6.46. The normalized spacial score (nSPS) is 15.3. The highest BCUT2D eigenvalue weighted by Gasteiger charge is 2.22. The third kappa shape index (κ3) is 1.52. The lowest BCUT2D eigenvalue weighted by molar-refractivity contribution is 0.0976. The fourth-order valence-corrected chi connectivity index (χ4v) is 3.45. The predicted octanol–water partition coefficient (Wildman–Crippen LogP) is 2.79. The van der Waals surface area contributed by atoms with Crippen molar-refractivity contribution in [1.82, 2.24) is 9.97 Å². The molecule has 1 aliphatic carbocycles. The molecule has 1 aliphatic rings. The molecule has 0 aromatic carbocycles. The molecule has 0 aliphatic heterocycles. The summed E-state index contributed by atoms with van der Waals surface area (Å²) in [6.45, 7) is 0. The molecule has 0 bridgehead atoms. The number of rotatable bonds is 1. The predicted molar refractivity (Wildman–Crippen MR) is 60.5 cm³/mol. The summed E-state index contributed by atoms with van der Waals surface area (Å²) in [5, 5.41) is 0.942. The van der Waals surface area contributed by atoms with Gasteiger partial charge in [-0.3, -0.25) is 9.78 Å². The lowest BCUT2D eigenvalue weighted by Crippen LogP contribution is -2.07. The van der Waals surface area contributed by atoms with E-state index in [9.17, 15) is 4.79 Å². The Bertz CT molecular complexity index is 501. The average Bonchev–Trinajstić information content (AvgIpc) is 2.86. The molecule has 3 nitrogen and oxygen atoms in total. The van der Waals surface area contributed by atoms with E-state index in [2.05, 4.69) is 9.97 Å². The third-order valence-electron chi connectivity index (χ3n) is 2.41. The highest BCUT2D eigenvalue weighted by atomic mass is 32.1. The number of fused-ring (bicyclic) bond motifs is 1. The van der Waals surface area contributed by atoms with Crippen LogP contribution in [0.15, 0.2) is 11.7 Å². The molecule has 0 fully saturated rings. The van der Waals surface area contributed by atoms with Gasteiger partial charge < -0.3 is 0 Å². The number of Topliss-reactive ketones (excluding diaryl/α,β-unsaturated/α-hetero) is 1. The Hall–Kier alpha value is -1.07. The quantitative estimate of drug-likeness (QED) is 0.764. The summed E-state index contributed by atoms with van der Waals surface area (Å²) in [7, 11) is 0. The maximum absolute atomic E-state index is 11.6. The van der Waals surface area contributed by atoms with Gasteiger partial charge in [-0.15, -0.1) is 22.7 Å². The zero-order valence-electron chi connectivity index (χ0n) is 7.90. The Morgan fingerprint density at radius 2 is 2.27 bits per heavy atom. The molecule has 3 rings (SSSR count). The van der Waals surface area contributed by atoms with Crippen LogP contribution in [0.3, 0.4) is 0 Å². The van der Waals surface area contributed by atoms with Crippen LogP contribution in [-0.4, -0.2) is 15.8 Å². The SMILES string of the molecule is O=C1CCCc2nc(-c3cncs3)sc21. The largest absolute Gasteiger partial charge is 0.293 e. The van der Waals surface area contributed by atoms with Crippen LogP contribution in [0.1, 0.15) is 28.2 Å². The highest BCUT2D eigenvalue weighted by Crippen LogP contribution is 2.33. The van der Waals surface area contributed by atoms with Gasteiger partial charge in [-0.05, 0) is 12.8 Å². The van der Waals surface area contributed by atoms with E-state index in [0.29, 0.717) is 6.42 Å². The van der Waals surface area contributed by atoms with Crippen molar-refractivity contribution in [3.8, 4) is 9.88 Å². The van der Waals surface area contributed by atoms with E-state index >= 15 is 0 Å². The van der Waals surface area contributed by atoms with Crippen molar-refractivity contribution in [2.45, 2.75) is 19.3 Å². The number of nitrogens with zero attached hydrogens (tertiary/aromatic N) is 2. The van der Waals surface area contributed by atoms with Crippen LogP contribution in [0.4, 0.5) is 0 Å². The van der Waals surface area contributed by atoms with Crippen LogP contribution < -0.4 is 0 Å². The number of carbonyl (C=O) groups excluding carboxylic acids is 1. The van der Waals surface area contributed by atoms with E-state index in [1.54, 1.807) is 23.0 Å². The monoisotopic (exact) mass is 236 g/mol. The molecule has 2 heterocycles. The van der Waals surface area contributed by atoms with E-state index < -0.39 is 0 Å². The second-order valence-electron chi connectivity index (χ2n) is 3.44. The van der Waals surface area contributed by atoms with Crippen molar-refractivity contribution in [3.63, 3.8) is 0 Å². The molecule has 15 heavy (non-hydrogen) atoms. The van der Waals surface area contributed by atoms with E-state index in [-0.39, 0.29) is 5.78 Å². The zero-order valence-corrected chi connectivity index (χ0v) is 9.53. The van der Waals surface area contributed by atoms with Crippen molar-refractivity contribution in [2.24, 2.45) is 0 Å². The Morgan fingerprint density at radius 1 is 1.33 bits per heavy atom. The lowest BCUT2D eigenvalue weighted by atomic mass is 10.0. The van der Waals surface area contributed by atoms with Crippen LogP contribution in [0.5, 0.6) is 0 Å². The molecule has 2 aromatic rings. The third-order valence-corrected chi connectivity index (χ3v) is 4.49. The van der Waals surface area contributed by atoms with Gasteiger partial charge >= 0.3 is 0 Å². The number of ketones is 1. The first kappa shape index (κ1) is 9.18. The smallest absolute Gasteiger partial charge is 0.174 e. The molecule has 0 spiro atoms. The Kier molecular flexibility index (Phi) is 2.14. The minimum absolute atomic E-state index is 0.254. The Balaban J connectivity index is 2.09. The minimum Gasteiger partial charge on any atom is -0.293 e. The molecule has 2 aromatic heterocycles. The van der Waals surface area contributed by atoms with E-state index in [4.69, 9.17) is 0 Å². The maximum Gasteiger partial charge on any atom is 0.174 e. The molecule has 0 atom stereocenters. The standard InChI is InChI=1S/C10H8N2OS2/c13-7-3-1-2-6-9(7)15-10(12-6)8-4-11-5-14-8/h4-5H,1-3H2. The van der Waals surface area contributed by atoms with Crippen molar-refractivity contribution in [1.29, 1.82) is 0 Å². The number of aromatic nitrogens is 2. The fourth-order valence-electron chi connectivity index (χ4n) is 1.70. The molecular formula is C10H8N2OS2. The molecule has 0 saturated carbocycles. The van der Waals surface area contributed by atoms with E-state index in [1.165, 1.54) is 11.3 Å². The Labute approximate surface area is 94.8 Å². The summed E-state index contributed by atoms with van der Waals surface area (Å²) >= 11 is 3.08. The fraction of sp³-hybridized carbons (Fsp3) is 0.300. The first-order chi connectivity index (χ1) is 7.34. The van der Waals surface area contributed by atoms with Crippen molar-refractivity contribution >= 4 is 28.5 Å². The van der Waals surface area contributed by atoms with Crippen LogP contribution in [-0.2, 0) is 6.42 Å². The summed E-state index contributed by atoms with van der Waals surface area (Å²) < 4.78 is 0. The van der Waals surface area contributed by atoms with Crippen LogP contribution in [0, 0.1) is 0 Å². The van der Waals surface area contributed by atoms with E-state index in [1.807, 2.05) is 0 Å². The van der Waals surface area contributed by atoms with Gasteiger partial charge in [-0.25, -0.2) is 4.98 Å². The lowest BCUT2D eigenvalue weighted by Gasteiger charge is -2.06. The van der Waals surface area contributed by atoms with Gasteiger partial charge in [0.2, 0.25) is 0 Å². The number of hydrogen-bond acceptors (Lipinski definition) is 5. The van der Waals surface area contributed by atoms with Gasteiger partial charge in [-0.2, -0.15) is 0 Å². The van der Waals surface area contributed by atoms with Gasteiger partial charge in [-0.1, -0.05) is 0 Å². The molecule has 0 unspecified atom stereocenters. The Morgan fingerprint density at radius 3 is 3.00 bits per heavy atom. The van der Waals surface area contributed by atoms with Gasteiger partial charge in [0, 0.05) is 12.6 Å². The highest BCUT2D eigenvalue weighted by molar-refractivity contribution is 7.22. The summed E-state index contributed by atoms with van der Waals surface area (Å²) in [6, 6.07) is 0. The summed E-state index contributed by atoms with van der Waals surface area (Å²) in [6.07, 6.45) is 4.37. The molecule has 0 saturated heterocycles. The molecule has 0 amide bonds. The van der Waals surface area contributed by atoms with Gasteiger partial charge in [0.05, 0.1) is 21.0 Å². The second-order valence-corrected chi connectivity index (χ2v) is 5.32. The number of thiazole rings is 2. The molecule has 76 valence electrons. The maximum atomic E-state index is 11.6. The number of aryl methyl sites for hydroxylation is 1. The second kappa shape index (κ2) is 3.50. The van der Waals surface area contributed by atoms with Gasteiger partial charge in [0.25, 0.3) is 0 Å². The van der Waals surface area contributed by atoms with Crippen LogP contribution >= 0.6 is 22.7 Å². The molecule has 0 N–H and O–H groups in total. The molecule has 0 radical (unpaired) electrons. The van der Waals surface area contributed by atoms with Crippen LogP contribution in [0.2, 0.25) is 0 Å². The minimum atomic E-state index is 0.254. The zero-order chi connectivity index (χ0) is 10.3. The van der Waals surface area contributed by atoms with Crippen molar-refractivity contribution in [3.05, 3.63) is 22.3 Å². The van der Waals surface area contributed by atoms with Crippen molar-refractivity contribution in [2.75, 3.05) is 0 Å². The van der Waals surface area contributed by atoms with Gasteiger partial charge in [0.15, 0.2) is 5.78 Å². The summed E-state index contributed by atoms with van der Waals surface area (Å²) in [5.74, 6) is 0.254. The average molecular weight is 236 g/mol. The topological polar surface area (TPSA) is 42.9 Å². The first-order valence-electron chi connectivity index (χ1n) is 4.76. The molecule has 5 heteroatoms. The summed E-state index contributed by atoms with van der Waals surface area (Å²) in [5.41, 5.74) is 2.78. The molecular weight excluding hydrogens is 228 g/mol. The summed E-state index contributed by atoms with van der Waals surface area (Å²) in [4.78, 5) is 22.1. The van der Waals surface area contributed by atoms with Crippen molar-refractivity contribution < 1.29 is 4.79 Å².